The molecule has 1 aromatic rings. The van der Waals surface area contributed by atoms with E-state index in [1.54, 1.807) is 0 Å². The SMILES string of the molecule is CCCC1CCN(c2ccc3c(c2)NC(=O)C3NC)CC1. The maximum Gasteiger partial charge on any atom is 0.246 e. The van der Waals surface area contributed by atoms with Gasteiger partial charge in [-0.1, -0.05) is 25.8 Å². The van der Waals surface area contributed by atoms with Crippen molar-refractivity contribution >= 4 is 17.3 Å². The number of nitrogens with zero attached hydrogens (tertiary/aromatic N) is 1. The summed E-state index contributed by atoms with van der Waals surface area (Å²) in [5.41, 5.74) is 3.26. The lowest BCUT2D eigenvalue weighted by Gasteiger charge is -2.33. The van der Waals surface area contributed by atoms with Crippen LogP contribution in [0.3, 0.4) is 0 Å². The van der Waals surface area contributed by atoms with Crippen LogP contribution < -0.4 is 15.5 Å². The van der Waals surface area contributed by atoms with Crippen LogP contribution in [0, 0.1) is 5.92 Å². The molecule has 4 heteroatoms. The number of amides is 1. The largest absolute Gasteiger partial charge is 0.371 e. The molecule has 0 spiro atoms. The fraction of sp³-hybridized carbons (Fsp3) is 0.588. The highest BCUT2D eigenvalue weighted by molar-refractivity contribution is 6.03. The Kier molecular flexibility index (Phi) is 4.15. The molecular formula is C17H25N3O. The van der Waals surface area contributed by atoms with Gasteiger partial charge in [0.1, 0.15) is 6.04 Å². The summed E-state index contributed by atoms with van der Waals surface area (Å²) < 4.78 is 0. The molecule has 21 heavy (non-hydrogen) atoms. The number of carbonyl (C=O) groups excluding carboxylic acids is 1. The van der Waals surface area contributed by atoms with Gasteiger partial charge in [0.2, 0.25) is 5.91 Å². The van der Waals surface area contributed by atoms with Gasteiger partial charge < -0.3 is 15.5 Å². The second-order valence-electron chi connectivity index (χ2n) is 6.20. The van der Waals surface area contributed by atoms with Crippen LogP contribution in [-0.2, 0) is 4.79 Å². The first-order valence-corrected chi connectivity index (χ1v) is 8.10. The van der Waals surface area contributed by atoms with E-state index in [9.17, 15) is 4.79 Å². The molecule has 1 saturated heterocycles. The molecule has 2 heterocycles. The van der Waals surface area contributed by atoms with Crippen LogP contribution in [0.1, 0.15) is 44.2 Å². The number of anilines is 2. The summed E-state index contributed by atoms with van der Waals surface area (Å²) in [7, 11) is 1.83. The van der Waals surface area contributed by atoms with E-state index in [4.69, 9.17) is 0 Å². The monoisotopic (exact) mass is 287 g/mol. The van der Waals surface area contributed by atoms with E-state index in [1.165, 1.54) is 31.4 Å². The Balaban J connectivity index is 1.71. The molecule has 0 radical (unpaired) electrons. The smallest absolute Gasteiger partial charge is 0.246 e. The van der Waals surface area contributed by atoms with Crippen LogP contribution in [0.5, 0.6) is 0 Å². The Hall–Kier alpha value is -1.55. The summed E-state index contributed by atoms with van der Waals surface area (Å²) in [6, 6.07) is 6.17. The minimum atomic E-state index is -0.204. The molecule has 0 aromatic heterocycles. The fourth-order valence-electron chi connectivity index (χ4n) is 3.62. The van der Waals surface area contributed by atoms with E-state index in [0.717, 1.165) is 30.3 Å². The van der Waals surface area contributed by atoms with E-state index >= 15 is 0 Å². The summed E-state index contributed by atoms with van der Waals surface area (Å²) in [4.78, 5) is 14.3. The number of rotatable bonds is 4. The summed E-state index contributed by atoms with van der Waals surface area (Å²) >= 11 is 0. The molecule has 1 aromatic carbocycles. The molecule has 114 valence electrons. The first-order chi connectivity index (χ1) is 10.2. The van der Waals surface area contributed by atoms with Crippen LogP contribution in [0.25, 0.3) is 0 Å². The normalized spacial score (nSPS) is 22.3. The van der Waals surface area contributed by atoms with Crippen LogP contribution in [0.4, 0.5) is 11.4 Å². The molecule has 2 N–H and O–H groups in total. The quantitative estimate of drug-likeness (QED) is 0.895. The van der Waals surface area contributed by atoms with Gasteiger partial charge in [0.05, 0.1) is 0 Å². The van der Waals surface area contributed by atoms with E-state index in [0.29, 0.717) is 0 Å². The molecule has 2 aliphatic heterocycles. The molecule has 2 aliphatic rings. The first kappa shape index (κ1) is 14.4. The van der Waals surface area contributed by atoms with Crippen molar-refractivity contribution in [3.63, 3.8) is 0 Å². The molecule has 4 nitrogen and oxygen atoms in total. The van der Waals surface area contributed by atoms with Crippen molar-refractivity contribution in [1.82, 2.24) is 5.32 Å². The van der Waals surface area contributed by atoms with Crippen molar-refractivity contribution in [2.75, 3.05) is 30.4 Å². The molecule has 3 rings (SSSR count). The zero-order valence-corrected chi connectivity index (χ0v) is 13.0. The summed E-state index contributed by atoms with van der Waals surface area (Å²) in [6.07, 6.45) is 5.23. The van der Waals surface area contributed by atoms with Crippen LogP contribution in [0.15, 0.2) is 18.2 Å². The van der Waals surface area contributed by atoms with Crippen LogP contribution in [0.2, 0.25) is 0 Å². The van der Waals surface area contributed by atoms with Gasteiger partial charge in [0.15, 0.2) is 0 Å². The third kappa shape index (κ3) is 2.77. The van der Waals surface area contributed by atoms with E-state index in [2.05, 4.69) is 40.7 Å². The standard InChI is InChI=1S/C17H25N3O/c1-3-4-12-7-9-20(10-8-12)13-5-6-14-15(11-13)19-17(21)16(14)18-2/h5-6,11-12,16,18H,3-4,7-10H2,1-2H3,(H,19,21). The number of nitrogens with one attached hydrogen (secondary N) is 2. The van der Waals surface area contributed by atoms with E-state index in [1.807, 2.05) is 7.05 Å². The summed E-state index contributed by atoms with van der Waals surface area (Å²) in [5, 5.41) is 6.04. The third-order valence-corrected chi connectivity index (χ3v) is 4.83. The van der Waals surface area contributed by atoms with Gasteiger partial charge in [-0.25, -0.2) is 0 Å². The van der Waals surface area contributed by atoms with Gasteiger partial charge in [-0.3, -0.25) is 4.79 Å². The lowest BCUT2D eigenvalue weighted by Crippen LogP contribution is -2.33. The van der Waals surface area contributed by atoms with Crippen molar-refractivity contribution in [3.8, 4) is 0 Å². The topological polar surface area (TPSA) is 44.4 Å². The number of piperidine rings is 1. The molecule has 1 amide bonds. The second-order valence-corrected chi connectivity index (χ2v) is 6.20. The van der Waals surface area contributed by atoms with Crippen LogP contribution in [-0.4, -0.2) is 26.0 Å². The molecule has 0 aliphatic carbocycles. The number of carbonyl (C=O) groups is 1. The van der Waals surface area contributed by atoms with Gasteiger partial charge in [-0.15, -0.1) is 0 Å². The highest BCUT2D eigenvalue weighted by Gasteiger charge is 2.29. The zero-order chi connectivity index (χ0) is 14.8. The Labute approximate surface area is 126 Å². The Morgan fingerprint density at radius 2 is 2.10 bits per heavy atom. The van der Waals surface area contributed by atoms with Gasteiger partial charge in [-0.05, 0) is 37.9 Å². The van der Waals surface area contributed by atoms with Gasteiger partial charge >= 0.3 is 0 Å². The fourth-order valence-corrected chi connectivity index (χ4v) is 3.62. The number of hydrogen-bond donors (Lipinski definition) is 2. The van der Waals surface area contributed by atoms with E-state index in [-0.39, 0.29) is 11.9 Å². The van der Waals surface area contributed by atoms with Gasteiger partial charge in [-0.2, -0.15) is 0 Å². The van der Waals surface area contributed by atoms with Gasteiger partial charge in [0.25, 0.3) is 0 Å². The number of fused-ring (bicyclic) bond motifs is 1. The predicted octanol–water partition coefficient (Wildman–Crippen LogP) is 2.92. The highest BCUT2D eigenvalue weighted by atomic mass is 16.2. The minimum absolute atomic E-state index is 0.0475. The molecular weight excluding hydrogens is 262 g/mol. The van der Waals surface area contributed by atoms with Crippen molar-refractivity contribution in [2.24, 2.45) is 5.92 Å². The maximum absolute atomic E-state index is 11.9. The summed E-state index contributed by atoms with van der Waals surface area (Å²) in [6.45, 7) is 4.54. The van der Waals surface area contributed by atoms with Crippen molar-refractivity contribution in [3.05, 3.63) is 23.8 Å². The maximum atomic E-state index is 11.9. The Morgan fingerprint density at radius 1 is 1.33 bits per heavy atom. The van der Waals surface area contributed by atoms with Crippen molar-refractivity contribution in [1.29, 1.82) is 0 Å². The molecule has 0 bridgehead atoms. The third-order valence-electron chi connectivity index (χ3n) is 4.83. The highest BCUT2D eigenvalue weighted by Crippen LogP contribution is 2.35. The minimum Gasteiger partial charge on any atom is -0.371 e. The van der Waals surface area contributed by atoms with Crippen molar-refractivity contribution < 1.29 is 4.79 Å². The summed E-state index contributed by atoms with van der Waals surface area (Å²) in [5.74, 6) is 0.945. The molecule has 0 saturated carbocycles. The molecule has 1 unspecified atom stereocenters. The molecule has 1 atom stereocenters. The average molecular weight is 287 g/mol. The lowest BCUT2D eigenvalue weighted by molar-refractivity contribution is -0.117. The zero-order valence-electron chi connectivity index (χ0n) is 13.0. The molecule has 1 fully saturated rings. The predicted molar refractivity (Wildman–Crippen MR) is 86.7 cm³/mol. The lowest BCUT2D eigenvalue weighted by atomic mass is 9.92. The Morgan fingerprint density at radius 3 is 2.76 bits per heavy atom. The number of hydrogen-bond acceptors (Lipinski definition) is 3. The number of benzene rings is 1. The second kappa shape index (κ2) is 6.06. The van der Waals surface area contributed by atoms with Gasteiger partial charge in [0, 0.05) is 30.0 Å². The average Bonchev–Trinajstić information content (AvgIpc) is 2.82. The van der Waals surface area contributed by atoms with E-state index < -0.39 is 0 Å². The van der Waals surface area contributed by atoms with Crippen molar-refractivity contribution in [2.45, 2.75) is 38.6 Å². The number of likely N-dealkylation sites (N-methyl/N-ethyl adjacent to an activating group) is 1. The van der Waals surface area contributed by atoms with Crippen LogP contribution >= 0.6 is 0 Å². The first-order valence-electron chi connectivity index (χ1n) is 8.10. The Bertz CT molecular complexity index is 521.